The van der Waals surface area contributed by atoms with Crippen LogP contribution in [0.4, 0.5) is 0 Å². The Morgan fingerprint density at radius 2 is 0.820 bits per heavy atom. The van der Waals surface area contributed by atoms with Gasteiger partial charge >= 0.3 is 0 Å². The Morgan fingerprint density at radius 3 is 1.36 bits per heavy atom. The van der Waals surface area contributed by atoms with Crippen molar-refractivity contribution in [2.75, 3.05) is 0 Å². The van der Waals surface area contributed by atoms with E-state index in [0.717, 1.165) is 98.5 Å². The van der Waals surface area contributed by atoms with E-state index in [9.17, 15) is 10.5 Å². The molecule has 3 aromatic heterocycles. The van der Waals surface area contributed by atoms with Gasteiger partial charge in [-0.15, -0.1) is 11.3 Å². The molecule has 0 spiro atoms. The van der Waals surface area contributed by atoms with Crippen molar-refractivity contribution in [3.8, 4) is 56.9 Å². The van der Waals surface area contributed by atoms with Gasteiger partial charge in [-0.25, -0.2) is 0 Å². The van der Waals surface area contributed by atoms with Gasteiger partial charge in [0.2, 0.25) is 0 Å². The number of fused-ring (bicyclic) bond motifs is 9. The van der Waals surface area contributed by atoms with E-state index in [1.807, 2.05) is 12.1 Å². The van der Waals surface area contributed by atoms with Crippen molar-refractivity contribution in [1.82, 2.24) is 9.13 Å². The molecule has 0 atom stereocenters. The Kier molecular flexibility index (Phi) is 7.80. The van der Waals surface area contributed by atoms with Crippen molar-refractivity contribution in [3.05, 3.63) is 205 Å². The Morgan fingerprint density at radius 1 is 0.361 bits per heavy atom. The van der Waals surface area contributed by atoms with Crippen LogP contribution in [-0.2, 0) is 0 Å². The second-order valence-electron chi connectivity index (χ2n) is 15.4. The van der Waals surface area contributed by atoms with E-state index in [4.69, 9.17) is 0 Å². The number of benzene rings is 9. The van der Waals surface area contributed by atoms with Crippen LogP contribution in [-0.4, -0.2) is 9.13 Å². The van der Waals surface area contributed by atoms with Crippen LogP contribution >= 0.6 is 11.3 Å². The molecule has 0 bridgehead atoms. The van der Waals surface area contributed by atoms with Crippen LogP contribution in [0.1, 0.15) is 11.1 Å². The molecule has 9 aromatic carbocycles. The first-order valence-electron chi connectivity index (χ1n) is 20.3. The van der Waals surface area contributed by atoms with E-state index in [-0.39, 0.29) is 0 Å². The van der Waals surface area contributed by atoms with Crippen LogP contribution in [0.15, 0.2) is 194 Å². The standard InChI is InChI=1S/C56H32N4S/c57-33-39-30-40(34-58)55(60-49-24-11-8-19-42(49)47-32-38(27-29-51(47)60)36-16-5-2-6-17-36)53(45-22-13-21-44-43-20-9-12-25-52(43)61-56(44)45)54(39)59-48-23-10-7-18-41(48)46-31-37(26-28-50(46)59)35-14-3-1-4-15-35/h1-32H. The third kappa shape index (κ3) is 5.22. The highest BCUT2D eigenvalue weighted by Gasteiger charge is 2.29. The molecule has 0 N–H and O–H groups in total. The highest BCUT2D eigenvalue weighted by molar-refractivity contribution is 7.26. The van der Waals surface area contributed by atoms with Gasteiger partial charge < -0.3 is 9.13 Å². The van der Waals surface area contributed by atoms with E-state index < -0.39 is 0 Å². The lowest BCUT2D eigenvalue weighted by Gasteiger charge is -2.23. The third-order valence-corrected chi connectivity index (χ3v) is 13.4. The second kappa shape index (κ2) is 13.7. The van der Waals surface area contributed by atoms with Crippen molar-refractivity contribution in [2.45, 2.75) is 0 Å². The fourth-order valence-electron chi connectivity index (χ4n) is 9.54. The molecule has 61 heavy (non-hydrogen) atoms. The Labute approximate surface area is 355 Å². The zero-order valence-electron chi connectivity index (χ0n) is 32.7. The molecule has 0 saturated heterocycles. The largest absolute Gasteiger partial charge is 0.307 e. The summed E-state index contributed by atoms with van der Waals surface area (Å²) in [5.41, 5.74) is 12.6. The number of para-hydroxylation sites is 2. The van der Waals surface area contributed by atoms with Crippen molar-refractivity contribution in [3.63, 3.8) is 0 Å². The maximum Gasteiger partial charge on any atom is 0.101 e. The summed E-state index contributed by atoms with van der Waals surface area (Å²) in [6, 6.07) is 73.1. The fourth-order valence-corrected chi connectivity index (χ4v) is 10.8. The van der Waals surface area contributed by atoms with E-state index in [0.29, 0.717) is 11.1 Å². The predicted molar refractivity (Wildman–Crippen MR) is 254 cm³/mol. The molecule has 12 rings (SSSR count). The molecule has 0 unspecified atom stereocenters. The van der Waals surface area contributed by atoms with E-state index in [1.165, 1.54) is 10.1 Å². The topological polar surface area (TPSA) is 57.4 Å². The summed E-state index contributed by atoms with van der Waals surface area (Å²) in [4.78, 5) is 0. The van der Waals surface area contributed by atoms with Gasteiger partial charge in [-0.1, -0.05) is 146 Å². The molecule has 12 aromatic rings. The first-order chi connectivity index (χ1) is 30.2. The smallest absolute Gasteiger partial charge is 0.101 e. The van der Waals surface area contributed by atoms with Crippen LogP contribution in [0.2, 0.25) is 0 Å². The first-order valence-corrected chi connectivity index (χ1v) is 21.1. The monoisotopic (exact) mass is 792 g/mol. The zero-order chi connectivity index (χ0) is 40.6. The summed E-state index contributed by atoms with van der Waals surface area (Å²) in [5, 5.41) is 29.3. The van der Waals surface area contributed by atoms with E-state index in [1.54, 1.807) is 17.4 Å². The van der Waals surface area contributed by atoms with Crippen LogP contribution < -0.4 is 0 Å². The molecular formula is C56H32N4S. The van der Waals surface area contributed by atoms with Crippen LogP contribution in [0, 0.1) is 22.7 Å². The van der Waals surface area contributed by atoms with Crippen molar-refractivity contribution in [2.24, 2.45) is 0 Å². The molecule has 282 valence electrons. The normalized spacial score (nSPS) is 11.6. The van der Waals surface area contributed by atoms with Crippen molar-refractivity contribution >= 4 is 75.1 Å². The zero-order valence-corrected chi connectivity index (χ0v) is 33.5. The summed E-state index contributed by atoms with van der Waals surface area (Å²) in [6.45, 7) is 0. The molecule has 0 aliphatic heterocycles. The van der Waals surface area contributed by atoms with Gasteiger partial charge in [-0.3, -0.25) is 0 Å². The number of nitrogens with zero attached hydrogens (tertiary/aromatic N) is 4. The number of aromatic nitrogens is 2. The lowest BCUT2D eigenvalue weighted by molar-refractivity contribution is 1.12. The molecule has 0 radical (unpaired) electrons. The molecule has 4 nitrogen and oxygen atoms in total. The molecule has 0 aliphatic rings. The van der Waals surface area contributed by atoms with Gasteiger partial charge in [-0.2, -0.15) is 10.5 Å². The molecule has 3 heterocycles. The van der Waals surface area contributed by atoms with Crippen molar-refractivity contribution in [1.29, 1.82) is 10.5 Å². The van der Waals surface area contributed by atoms with Gasteiger partial charge in [-0.05, 0) is 70.8 Å². The van der Waals surface area contributed by atoms with E-state index >= 15 is 0 Å². The number of rotatable bonds is 5. The molecular weight excluding hydrogens is 761 g/mol. The van der Waals surface area contributed by atoms with Crippen molar-refractivity contribution < 1.29 is 0 Å². The maximum atomic E-state index is 11.3. The highest BCUT2D eigenvalue weighted by Crippen LogP contribution is 2.49. The van der Waals surface area contributed by atoms with Crippen LogP contribution in [0.3, 0.4) is 0 Å². The second-order valence-corrected chi connectivity index (χ2v) is 16.5. The maximum absolute atomic E-state index is 11.3. The van der Waals surface area contributed by atoms with Crippen LogP contribution in [0.5, 0.6) is 0 Å². The average molecular weight is 793 g/mol. The number of nitriles is 2. The summed E-state index contributed by atoms with van der Waals surface area (Å²) in [7, 11) is 0. The molecule has 0 amide bonds. The van der Waals surface area contributed by atoms with Gasteiger partial charge in [0, 0.05) is 52.8 Å². The molecule has 5 heteroatoms. The SMILES string of the molecule is N#Cc1cc(C#N)c(-n2c3ccccc3c3cc(-c4ccccc4)ccc32)c(-c2cccc3c2sc2ccccc23)c1-n1c2ccccc2c2cc(-c3ccccc3)ccc21. The van der Waals surface area contributed by atoms with Gasteiger partial charge in [0.25, 0.3) is 0 Å². The number of hydrogen-bond donors (Lipinski definition) is 0. The minimum Gasteiger partial charge on any atom is -0.307 e. The fraction of sp³-hybridized carbons (Fsp3) is 0. The summed E-state index contributed by atoms with van der Waals surface area (Å²) >= 11 is 1.75. The first kappa shape index (κ1) is 34.8. The predicted octanol–water partition coefficient (Wildman–Crippen LogP) is 15.0. The average Bonchev–Trinajstić information content (AvgIpc) is 3.99. The van der Waals surface area contributed by atoms with Gasteiger partial charge in [0.15, 0.2) is 0 Å². The molecule has 0 aliphatic carbocycles. The Hall–Kier alpha value is -8.22. The summed E-state index contributed by atoms with van der Waals surface area (Å²) in [5.74, 6) is 0. The van der Waals surface area contributed by atoms with Gasteiger partial charge in [0.1, 0.15) is 12.1 Å². The lowest BCUT2D eigenvalue weighted by Crippen LogP contribution is -2.09. The summed E-state index contributed by atoms with van der Waals surface area (Å²) < 4.78 is 6.82. The lowest BCUT2D eigenvalue weighted by atomic mass is 9.92. The molecule has 0 saturated carbocycles. The third-order valence-electron chi connectivity index (χ3n) is 12.2. The Balaban J connectivity index is 1.28. The Bertz CT molecular complexity index is 3640. The number of hydrogen-bond acceptors (Lipinski definition) is 3. The minimum atomic E-state index is 0.426. The molecule has 0 fully saturated rings. The minimum absolute atomic E-state index is 0.426. The number of thiophene rings is 1. The highest BCUT2D eigenvalue weighted by atomic mass is 32.1. The summed E-state index contributed by atoms with van der Waals surface area (Å²) in [6.07, 6.45) is 0. The van der Waals surface area contributed by atoms with E-state index in [2.05, 4.69) is 197 Å². The quantitative estimate of drug-likeness (QED) is 0.174. The van der Waals surface area contributed by atoms with Gasteiger partial charge in [0.05, 0.1) is 44.6 Å². The van der Waals surface area contributed by atoms with Crippen LogP contribution in [0.25, 0.3) is 109 Å².